The van der Waals surface area contributed by atoms with Crippen LogP contribution in [0, 0.1) is 5.82 Å². The molecule has 0 fully saturated rings. The third-order valence-corrected chi connectivity index (χ3v) is 4.43. The zero-order valence-corrected chi connectivity index (χ0v) is 15.2. The van der Waals surface area contributed by atoms with E-state index in [0.717, 1.165) is 6.07 Å². The molecule has 27 heavy (non-hydrogen) atoms. The first-order valence-electron chi connectivity index (χ1n) is 8.74. The number of aliphatic hydroxyl groups excluding tert-OH is 1. The molecule has 0 bridgehead atoms. The van der Waals surface area contributed by atoms with Crippen LogP contribution < -0.4 is 5.43 Å². The lowest BCUT2D eigenvalue weighted by atomic mass is 10.00. The van der Waals surface area contributed by atoms with E-state index in [1.807, 2.05) is 6.92 Å². The van der Waals surface area contributed by atoms with Crippen molar-refractivity contribution in [2.45, 2.75) is 27.0 Å². The van der Waals surface area contributed by atoms with Crippen LogP contribution in [0.5, 0.6) is 0 Å². The van der Waals surface area contributed by atoms with Gasteiger partial charge in [-0.3, -0.25) is 4.79 Å². The molecule has 0 unspecified atom stereocenters. The molecule has 0 aliphatic carbocycles. The van der Waals surface area contributed by atoms with Gasteiger partial charge >= 0.3 is 5.97 Å². The van der Waals surface area contributed by atoms with E-state index >= 15 is 0 Å². The number of aromatic nitrogens is 1. The van der Waals surface area contributed by atoms with Crippen LogP contribution in [0.3, 0.4) is 0 Å². The Morgan fingerprint density at radius 1 is 1.22 bits per heavy atom. The maximum Gasteiger partial charge on any atom is 0.343 e. The van der Waals surface area contributed by atoms with Crippen molar-refractivity contribution in [3.05, 3.63) is 69.8 Å². The summed E-state index contributed by atoms with van der Waals surface area (Å²) in [5.41, 5.74) is 1.45. The Hall–Kier alpha value is -2.99. The van der Waals surface area contributed by atoms with Crippen molar-refractivity contribution in [2.24, 2.45) is 0 Å². The van der Waals surface area contributed by atoms with Gasteiger partial charge in [-0.15, -0.1) is 0 Å². The predicted molar refractivity (Wildman–Crippen MR) is 101 cm³/mol. The number of hydrogen-bond acceptors (Lipinski definition) is 4. The van der Waals surface area contributed by atoms with Crippen LogP contribution in [0.25, 0.3) is 22.0 Å². The number of halogens is 1. The Morgan fingerprint density at radius 3 is 2.67 bits per heavy atom. The Labute approximate surface area is 155 Å². The number of nitrogens with zero attached hydrogens (tertiary/aromatic N) is 1. The Balaban J connectivity index is 2.27. The molecule has 3 aromatic rings. The topological polar surface area (TPSA) is 68.5 Å². The van der Waals surface area contributed by atoms with Gasteiger partial charge in [-0.1, -0.05) is 18.2 Å². The molecule has 0 saturated heterocycles. The summed E-state index contributed by atoms with van der Waals surface area (Å²) < 4.78 is 21.5. The summed E-state index contributed by atoms with van der Waals surface area (Å²) >= 11 is 0. The summed E-state index contributed by atoms with van der Waals surface area (Å²) in [5, 5.41) is 9.44. The van der Waals surface area contributed by atoms with Crippen LogP contribution in [-0.2, 0) is 17.9 Å². The van der Waals surface area contributed by atoms with E-state index < -0.39 is 17.2 Å². The van der Waals surface area contributed by atoms with Crippen molar-refractivity contribution in [2.75, 3.05) is 6.61 Å². The molecule has 5 nitrogen and oxygen atoms in total. The Morgan fingerprint density at radius 2 is 2.00 bits per heavy atom. The average molecular weight is 369 g/mol. The van der Waals surface area contributed by atoms with E-state index in [-0.39, 0.29) is 24.2 Å². The van der Waals surface area contributed by atoms with Gasteiger partial charge < -0.3 is 14.4 Å². The predicted octanol–water partition coefficient (Wildman–Crippen LogP) is 3.50. The average Bonchev–Trinajstić information content (AvgIpc) is 2.68. The van der Waals surface area contributed by atoms with Gasteiger partial charge in [-0.2, -0.15) is 0 Å². The lowest BCUT2D eigenvalue weighted by Crippen LogP contribution is -2.21. The van der Waals surface area contributed by atoms with Crippen molar-refractivity contribution < 1.29 is 19.0 Å². The number of aliphatic hydroxyl groups is 1. The first-order chi connectivity index (χ1) is 13.0. The van der Waals surface area contributed by atoms with Crippen molar-refractivity contribution in [1.29, 1.82) is 0 Å². The van der Waals surface area contributed by atoms with E-state index in [4.69, 9.17) is 4.74 Å². The molecule has 0 saturated carbocycles. The molecular formula is C21H20FNO4. The number of aryl methyl sites for hydroxylation is 1. The molecule has 0 aliphatic rings. The second kappa shape index (κ2) is 7.72. The highest BCUT2D eigenvalue weighted by Crippen LogP contribution is 2.28. The third kappa shape index (κ3) is 3.48. The molecular weight excluding hydrogens is 349 g/mol. The van der Waals surface area contributed by atoms with Gasteiger partial charge in [0.15, 0.2) is 0 Å². The summed E-state index contributed by atoms with van der Waals surface area (Å²) in [7, 11) is 0. The Bertz CT molecular complexity index is 1070. The van der Waals surface area contributed by atoms with Gasteiger partial charge in [-0.25, -0.2) is 9.18 Å². The zero-order chi connectivity index (χ0) is 19.6. The number of pyridine rings is 1. The Kier molecular flexibility index (Phi) is 5.37. The first kappa shape index (κ1) is 18.8. The highest BCUT2D eigenvalue weighted by atomic mass is 19.1. The SMILES string of the molecule is CCOC(=O)c1cn(CC)c2cc(-c3cccc(CO)c3)c(F)cc2c1=O. The normalized spacial score (nSPS) is 11.0. The second-order valence-corrected chi connectivity index (χ2v) is 6.09. The van der Waals surface area contributed by atoms with Crippen molar-refractivity contribution in [1.82, 2.24) is 4.57 Å². The molecule has 140 valence electrons. The van der Waals surface area contributed by atoms with Crippen LogP contribution in [0.4, 0.5) is 4.39 Å². The number of fused-ring (bicyclic) bond motifs is 1. The minimum atomic E-state index is -0.716. The van der Waals surface area contributed by atoms with Gasteiger partial charge in [0.25, 0.3) is 0 Å². The number of hydrogen-bond donors (Lipinski definition) is 1. The van der Waals surface area contributed by atoms with E-state index in [0.29, 0.717) is 28.8 Å². The highest BCUT2D eigenvalue weighted by molar-refractivity contribution is 5.95. The molecule has 1 heterocycles. The van der Waals surface area contributed by atoms with Gasteiger partial charge in [0, 0.05) is 23.7 Å². The standard InChI is InChI=1S/C21H20FNO4/c1-3-23-11-17(21(26)27-4-2)20(25)16-9-18(22)15(10-19(16)23)14-7-5-6-13(8-14)12-24/h5-11,24H,3-4,12H2,1-2H3. The summed E-state index contributed by atoms with van der Waals surface area (Å²) in [6.45, 7) is 4.02. The largest absolute Gasteiger partial charge is 0.462 e. The second-order valence-electron chi connectivity index (χ2n) is 6.09. The van der Waals surface area contributed by atoms with Gasteiger partial charge in [-0.05, 0) is 43.2 Å². The minimum absolute atomic E-state index is 0.111. The molecule has 1 aromatic heterocycles. The molecule has 3 rings (SSSR count). The van der Waals surface area contributed by atoms with E-state index in [2.05, 4.69) is 0 Å². The van der Waals surface area contributed by atoms with Crippen molar-refractivity contribution in [3.8, 4) is 11.1 Å². The smallest absolute Gasteiger partial charge is 0.343 e. The van der Waals surface area contributed by atoms with E-state index in [9.17, 15) is 19.1 Å². The molecule has 0 spiro atoms. The van der Waals surface area contributed by atoms with Crippen LogP contribution >= 0.6 is 0 Å². The van der Waals surface area contributed by atoms with Crippen LogP contribution in [-0.4, -0.2) is 22.2 Å². The maximum absolute atomic E-state index is 14.8. The van der Waals surface area contributed by atoms with Crippen molar-refractivity contribution in [3.63, 3.8) is 0 Å². The zero-order valence-electron chi connectivity index (χ0n) is 15.2. The number of rotatable bonds is 5. The summed E-state index contributed by atoms with van der Waals surface area (Å²) in [6, 6.07) is 9.68. The van der Waals surface area contributed by atoms with Crippen molar-refractivity contribution >= 4 is 16.9 Å². The minimum Gasteiger partial charge on any atom is -0.462 e. The summed E-state index contributed by atoms with van der Waals surface area (Å²) in [4.78, 5) is 24.8. The molecule has 0 amide bonds. The highest BCUT2D eigenvalue weighted by Gasteiger charge is 2.18. The summed E-state index contributed by atoms with van der Waals surface area (Å²) in [6.07, 6.45) is 1.45. The van der Waals surface area contributed by atoms with Gasteiger partial charge in [0.2, 0.25) is 5.43 Å². The number of ether oxygens (including phenoxy) is 1. The fourth-order valence-electron chi connectivity index (χ4n) is 3.08. The molecule has 0 aliphatic heterocycles. The third-order valence-electron chi connectivity index (χ3n) is 4.43. The number of benzene rings is 2. The fourth-order valence-corrected chi connectivity index (χ4v) is 3.08. The van der Waals surface area contributed by atoms with Crippen LogP contribution in [0.2, 0.25) is 0 Å². The fraction of sp³-hybridized carbons (Fsp3) is 0.238. The molecule has 2 aromatic carbocycles. The lowest BCUT2D eigenvalue weighted by molar-refractivity contribution is 0.0524. The number of carbonyl (C=O) groups excluding carboxylic acids is 1. The molecule has 6 heteroatoms. The van der Waals surface area contributed by atoms with Crippen LogP contribution in [0.15, 0.2) is 47.4 Å². The molecule has 0 radical (unpaired) electrons. The first-order valence-corrected chi connectivity index (χ1v) is 8.74. The molecule has 1 N–H and O–H groups in total. The van der Waals surface area contributed by atoms with Gasteiger partial charge in [0.1, 0.15) is 11.4 Å². The van der Waals surface area contributed by atoms with Crippen LogP contribution in [0.1, 0.15) is 29.8 Å². The molecule has 0 atom stereocenters. The van der Waals surface area contributed by atoms with E-state index in [1.54, 1.807) is 41.8 Å². The number of esters is 1. The monoisotopic (exact) mass is 369 g/mol. The maximum atomic E-state index is 14.8. The summed E-state index contributed by atoms with van der Waals surface area (Å²) in [5.74, 6) is -1.29. The lowest BCUT2D eigenvalue weighted by Gasteiger charge is -2.14. The number of carbonyl (C=O) groups is 1. The van der Waals surface area contributed by atoms with E-state index in [1.165, 1.54) is 6.20 Å². The quantitative estimate of drug-likeness (QED) is 0.699. The van der Waals surface area contributed by atoms with Gasteiger partial charge in [0.05, 0.1) is 18.7 Å².